The van der Waals surface area contributed by atoms with Crippen LogP contribution in [0, 0.1) is 0 Å². The zero-order chi connectivity index (χ0) is 9.97. The Hall–Kier alpha value is -1.19. The summed E-state index contributed by atoms with van der Waals surface area (Å²) < 4.78 is 15.5. The highest BCUT2D eigenvalue weighted by Crippen LogP contribution is 2.29. The molecule has 2 aromatic rings. The van der Waals surface area contributed by atoms with E-state index >= 15 is 0 Å². The molecule has 0 saturated carbocycles. The second-order valence-corrected chi connectivity index (χ2v) is 4.16. The van der Waals surface area contributed by atoms with Gasteiger partial charge >= 0.3 is 7.23 Å². The average Bonchev–Trinajstić information content (AvgIpc) is 2.17. The van der Waals surface area contributed by atoms with Crippen LogP contribution in [0.15, 0.2) is 30.5 Å². The maximum absolute atomic E-state index is 10.7. The molecular weight excluding hydrogens is 219 g/mol. The lowest BCUT2D eigenvalue weighted by atomic mass is 10.3. The molecule has 0 fully saturated rings. The first kappa shape index (κ1) is 9.37. The molecule has 14 heavy (non-hydrogen) atoms. The lowest BCUT2D eigenvalue weighted by molar-refractivity contribution is 0.510. The summed E-state index contributed by atoms with van der Waals surface area (Å²) in [5, 5.41) is 0. The summed E-state index contributed by atoms with van der Waals surface area (Å²) in [7, 11) is -1.99. The fourth-order valence-corrected chi connectivity index (χ4v) is 1.56. The smallest absolute Gasteiger partial charge is 0.249 e. The number of para-hydroxylation sites is 2. The monoisotopic (exact) mass is 225 g/mol. The maximum Gasteiger partial charge on any atom is 0.633 e. The second-order valence-electron chi connectivity index (χ2n) is 2.53. The van der Waals surface area contributed by atoms with Gasteiger partial charge in [0.1, 0.15) is 0 Å². The molecule has 70 valence electrons. The van der Waals surface area contributed by atoms with Crippen molar-refractivity contribution in [3.63, 3.8) is 0 Å². The molecule has 0 saturated heterocycles. The van der Waals surface area contributed by atoms with Crippen LogP contribution in [0.2, 0.25) is 0 Å². The van der Waals surface area contributed by atoms with E-state index in [1.807, 2.05) is 18.2 Å². The largest absolute Gasteiger partial charge is 0.633 e. The first-order valence-corrected chi connectivity index (χ1v) is 6.14. The van der Waals surface area contributed by atoms with E-state index in [1.165, 1.54) is 6.20 Å². The minimum absolute atomic E-state index is 0.222. The highest BCUT2D eigenvalue weighted by molar-refractivity contribution is 8.39. The van der Waals surface area contributed by atoms with E-state index in [2.05, 4.69) is 22.2 Å². The Kier molecular flexibility index (Phi) is 2.61. The first-order chi connectivity index (χ1) is 6.75. The van der Waals surface area contributed by atoms with Crippen molar-refractivity contribution in [2.45, 2.75) is 0 Å². The Morgan fingerprint density at radius 2 is 2.00 bits per heavy atom. The first-order valence-electron chi connectivity index (χ1n) is 3.81. The topological polar surface area (TPSA) is 52.1 Å². The van der Waals surface area contributed by atoms with Crippen molar-refractivity contribution in [1.82, 2.24) is 9.97 Å². The fraction of sp³-hybridized carbons (Fsp3) is 0. The molecule has 0 aliphatic heterocycles. The number of rotatable bonds is 2. The van der Waals surface area contributed by atoms with Gasteiger partial charge in [-0.25, -0.2) is 14.5 Å². The van der Waals surface area contributed by atoms with Crippen LogP contribution in [0.1, 0.15) is 0 Å². The van der Waals surface area contributed by atoms with Gasteiger partial charge in [-0.2, -0.15) is 0 Å². The van der Waals surface area contributed by atoms with Gasteiger partial charge in [-0.3, -0.25) is 0 Å². The fourth-order valence-electron chi connectivity index (χ4n) is 1.06. The molecule has 2 rings (SSSR count). The van der Waals surface area contributed by atoms with Gasteiger partial charge in [0.25, 0.3) is 5.88 Å². The van der Waals surface area contributed by atoms with Gasteiger partial charge in [0, 0.05) is 0 Å². The normalized spacial score (nSPS) is 11.4. The predicted octanol–water partition coefficient (Wildman–Crippen LogP) is 2.60. The summed E-state index contributed by atoms with van der Waals surface area (Å²) in [6.45, 7) is 0. The van der Waals surface area contributed by atoms with Gasteiger partial charge in [-0.15, -0.1) is 0 Å². The van der Waals surface area contributed by atoms with Crippen molar-refractivity contribution >= 4 is 30.5 Å². The van der Waals surface area contributed by atoms with Gasteiger partial charge in [0.05, 0.1) is 17.2 Å². The zero-order valence-corrected chi connectivity index (χ0v) is 8.78. The Morgan fingerprint density at radius 3 is 2.71 bits per heavy atom. The molecular formula is C8H6N2O2PS+. The Morgan fingerprint density at radius 1 is 1.29 bits per heavy atom. The highest BCUT2D eigenvalue weighted by atomic mass is 32.7. The summed E-state index contributed by atoms with van der Waals surface area (Å²) in [5.74, 6) is 0.222. The van der Waals surface area contributed by atoms with Gasteiger partial charge in [-0.1, -0.05) is 12.1 Å². The molecule has 0 aliphatic carbocycles. The number of benzene rings is 1. The molecule has 1 unspecified atom stereocenters. The predicted molar refractivity (Wildman–Crippen MR) is 56.8 cm³/mol. The minimum atomic E-state index is -1.99. The lowest BCUT2D eigenvalue weighted by Crippen LogP contribution is -1.87. The van der Waals surface area contributed by atoms with E-state index in [1.54, 1.807) is 6.07 Å². The zero-order valence-electron chi connectivity index (χ0n) is 6.99. The Bertz CT molecular complexity index is 491. The van der Waals surface area contributed by atoms with E-state index in [9.17, 15) is 4.57 Å². The Balaban J connectivity index is 2.46. The standard InChI is InChI=1S/C8H5N2O2PS/c11-13(14)12-8-5-9-6-3-1-2-4-7(6)10-8/h1-5H/p+1. The molecule has 0 radical (unpaired) electrons. The number of hydrogen-bond donors (Lipinski definition) is 1. The number of nitrogens with zero attached hydrogens (tertiary/aromatic N) is 2. The van der Waals surface area contributed by atoms with Crippen molar-refractivity contribution < 1.29 is 9.09 Å². The molecule has 0 spiro atoms. The molecule has 0 amide bonds. The number of thiol groups is 1. The summed E-state index contributed by atoms with van der Waals surface area (Å²) in [5.41, 5.74) is 1.48. The summed E-state index contributed by atoms with van der Waals surface area (Å²) >= 11 is 3.62. The van der Waals surface area contributed by atoms with E-state index < -0.39 is 7.23 Å². The molecule has 0 aliphatic rings. The van der Waals surface area contributed by atoms with Crippen molar-refractivity contribution in [1.29, 1.82) is 0 Å². The molecule has 0 N–H and O–H groups in total. The summed E-state index contributed by atoms with van der Waals surface area (Å²) in [6, 6.07) is 7.37. The van der Waals surface area contributed by atoms with Crippen molar-refractivity contribution in [3.05, 3.63) is 30.5 Å². The second kappa shape index (κ2) is 3.90. The molecule has 1 aromatic carbocycles. The number of fused-ring (bicyclic) bond motifs is 1. The van der Waals surface area contributed by atoms with E-state index in [0.29, 0.717) is 5.52 Å². The SMILES string of the molecule is O=[P+](S)Oc1cnc2ccccc2n1. The van der Waals surface area contributed by atoms with Crippen LogP contribution in [-0.4, -0.2) is 9.97 Å². The van der Waals surface area contributed by atoms with Gasteiger partial charge in [0.15, 0.2) is 12.2 Å². The third kappa shape index (κ3) is 2.00. The average molecular weight is 225 g/mol. The number of aromatic nitrogens is 2. The van der Waals surface area contributed by atoms with Crippen LogP contribution in [-0.2, 0) is 4.57 Å². The Labute approximate surface area is 86.4 Å². The summed E-state index contributed by atoms with van der Waals surface area (Å²) in [6.07, 6.45) is 1.42. The van der Waals surface area contributed by atoms with Crippen LogP contribution < -0.4 is 4.52 Å². The third-order valence-corrected chi connectivity index (χ3v) is 2.19. The van der Waals surface area contributed by atoms with Crippen LogP contribution in [0.25, 0.3) is 11.0 Å². The van der Waals surface area contributed by atoms with E-state index in [0.717, 1.165) is 5.52 Å². The van der Waals surface area contributed by atoms with Crippen molar-refractivity contribution in [2.75, 3.05) is 0 Å². The third-order valence-electron chi connectivity index (χ3n) is 1.60. The lowest BCUT2D eigenvalue weighted by Gasteiger charge is -1.95. The molecule has 1 aromatic heterocycles. The quantitative estimate of drug-likeness (QED) is 0.630. The molecule has 1 atom stereocenters. The maximum atomic E-state index is 10.7. The minimum Gasteiger partial charge on any atom is -0.249 e. The molecule has 6 heteroatoms. The molecule has 0 bridgehead atoms. The summed E-state index contributed by atoms with van der Waals surface area (Å²) in [4.78, 5) is 8.18. The molecule has 1 heterocycles. The van der Waals surface area contributed by atoms with Crippen LogP contribution in [0.3, 0.4) is 0 Å². The molecule has 4 nitrogen and oxygen atoms in total. The van der Waals surface area contributed by atoms with Crippen molar-refractivity contribution in [2.24, 2.45) is 0 Å². The van der Waals surface area contributed by atoms with Crippen LogP contribution >= 0.6 is 19.5 Å². The highest BCUT2D eigenvalue weighted by Gasteiger charge is 2.13. The van der Waals surface area contributed by atoms with Crippen molar-refractivity contribution in [3.8, 4) is 5.88 Å². The number of hydrogen-bond acceptors (Lipinski definition) is 4. The van der Waals surface area contributed by atoms with E-state index in [-0.39, 0.29) is 5.88 Å². The van der Waals surface area contributed by atoms with Crippen LogP contribution in [0.5, 0.6) is 5.88 Å². The van der Waals surface area contributed by atoms with Crippen LogP contribution in [0.4, 0.5) is 0 Å². The van der Waals surface area contributed by atoms with Gasteiger partial charge < -0.3 is 0 Å². The van der Waals surface area contributed by atoms with Gasteiger partial charge in [0.2, 0.25) is 0 Å². The van der Waals surface area contributed by atoms with E-state index in [4.69, 9.17) is 4.52 Å². The van der Waals surface area contributed by atoms with Gasteiger partial charge in [-0.05, 0) is 16.7 Å².